The summed E-state index contributed by atoms with van der Waals surface area (Å²) >= 11 is 3.38. The van der Waals surface area contributed by atoms with Gasteiger partial charge in [0, 0.05) is 22.1 Å². The molecule has 33 heavy (non-hydrogen) atoms. The number of carbonyl (C=O) groups excluding carboxylic acids is 1. The molecule has 4 rings (SSSR count). The van der Waals surface area contributed by atoms with Crippen molar-refractivity contribution in [1.29, 1.82) is 0 Å². The van der Waals surface area contributed by atoms with Gasteiger partial charge < -0.3 is 20.5 Å². The summed E-state index contributed by atoms with van der Waals surface area (Å²) in [4.78, 5) is 17.3. The van der Waals surface area contributed by atoms with Crippen molar-refractivity contribution in [2.24, 2.45) is 4.99 Å². The van der Waals surface area contributed by atoms with Crippen molar-refractivity contribution in [2.45, 2.75) is 32.0 Å². The average Bonchev–Trinajstić information content (AvgIpc) is 3.12. The second-order valence-corrected chi connectivity index (χ2v) is 8.94. The maximum atomic E-state index is 12.7. The van der Waals surface area contributed by atoms with Gasteiger partial charge in [0.2, 0.25) is 0 Å². The van der Waals surface area contributed by atoms with Gasteiger partial charge in [-0.1, -0.05) is 34.1 Å². The lowest BCUT2D eigenvalue weighted by molar-refractivity contribution is 0.0858. The molecular formula is C26H26BrN3O3. The molecule has 0 bridgehead atoms. The van der Waals surface area contributed by atoms with Crippen LogP contribution in [0.2, 0.25) is 0 Å². The predicted molar refractivity (Wildman–Crippen MR) is 134 cm³/mol. The van der Waals surface area contributed by atoms with Gasteiger partial charge >= 0.3 is 0 Å². The van der Waals surface area contributed by atoms with Gasteiger partial charge in [-0.3, -0.25) is 9.79 Å². The van der Waals surface area contributed by atoms with Crippen molar-refractivity contribution in [3.63, 3.8) is 0 Å². The number of rotatable bonds is 6. The van der Waals surface area contributed by atoms with Gasteiger partial charge in [0.15, 0.2) is 0 Å². The lowest BCUT2D eigenvalue weighted by Crippen LogP contribution is -2.33. The minimum atomic E-state index is -0.669. The minimum Gasteiger partial charge on any atom is -0.497 e. The van der Waals surface area contributed by atoms with Crippen molar-refractivity contribution < 1.29 is 14.6 Å². The van der Waals surface area contributed by atoms with Gasteiger partial charge in [-0.05, 0) is 72.1 Å². The Morgan fingerprint density at radius 2 is 1.94 bits per heavy atom. The van der Waals surface area contributed by atoms with Crippen molar-refractivity contribution in [3.05, 3.63) is 93.5 Å². The topological polar surface area (TPSA) is 83.0 Å². The van der Waals surface area contributed by atoms with Crippen molar-refractivity contribution in [1.82, 2.24) is 5.32 Å². The summed E-state index contributed by atoms with van der Waals surface area (Å²) in [6.07, 6.45) is -0.165. The normalized spacial score (nSPS) is 17.4. The van der Waals surface area contributed by atoms with Crippen LogP contribution in [0.5, 0.6) is 5.75 Å². The molecule has 1 aliphatic rings. The van der Waals surface area contributed by atoms with E-state index >= 15 is 0 Å². The van der Waals surface area contributed by atoms with Crippen LogP contribution in [0.1, 0.15) is 40.0 Å². The van der Waals surface area contributed by atoms with E-state index in [0.29, 0.717) is 18.5 Å². The van der Waals surface area contributed by atoms with Gasteiger partial charge in [-0.25, -0.2) is 0 Å². The van der Waals surface area contributed by atoms with Crippen LogP contribution in [0, 0.1) is 0 Å². The highest BCUT2D eigenvalue weighted by Crippen LogP contribution is 2.34. The molecule has 0 radical (unpaired) electrons. The van der Waals surface area contributed by atoms with E-state index in [1.54, 1.807) is 19.2 Å². The molecule has 3 aromatic rings. The van der Waals surface area contributed by atoms with Gasteiger partial charge in [0.25, 0.3) is 5.91 Å². The van der Waals surface area contributed by atoms with Gasteiger partial charge in [0.1, 0.15) is 5.75 Å². The number of aliphatic imine (C=N–C) groups is 1. The van der Waals surface area contributed by atoms with Crippen LogP contribution in [0.25, 0.3) is 0 Å². The Morgan fingerprint density at radius 1 is 1.15 bits per heavy atom. The summed E-state index contributed by atoms with van der Waals surface area (Å²) < 4.78 is 6.17. The molecule has 0 aromatic heterocycles. The van der Waals surface area contributed by atoms with Crippen LogP contribution in [-0.4, -0.2) is 30.1 Å². The number of aliphatic hydroxyl groups excluding tert-OH is 1. The van der Waals surface area contributed by atoms with E-state index in [9.17, 15) is 9.90 Å². The molecule has 0 saturated heterocycles. The average molecular weight is 508 g/mol. The Morgan fingerprint density at radius 3 is 2.70 bits per heavy atom. The highest BCUT2D eigenvalue weighted by Gasteiger charge is 2.32. The maximum absolute atomic E-state index is 12.7. The SMILES string of the molecule is COc1cccc(CN=C(C)Nc2ccc3c(c2)[C@@H](NC(=O)c2ccc(Br)cc2)[C@H](O)C3)c1. The second kappa shape index (κ2) is 10.2. The van der Waals surface area contributed by atoms with E-state index in [1.165, 1.54) is 0 Å². The van der Waals surface area contributed by atoms with Crippen molar-refractivity contribution in [3.8, 4) is 5.75 Å². The number of nitrogens with one attached hydrogen (secondary N) is 2. The summed E-state index contributed by atoms with van der Waals surface area (Å²) in [7, 11) is 1.65. The van der Waals surface area contributed by atoms with E-state index in [1.807, 2.05) is 61.5 Å². The number of fused-ring (bicyclic) bond motifs is 1. The second-order valence-electron chi connectivity index (χ2n) is 8.02. The fourth-order valence-corrected chi connectivity index (χ4v) is 4.19. The molecule has 1 aliphatic carbocycles. The molecule has 0 aliphatic heterocycles. The molecule has 3 aromatic carbocycles. The molecule has 0 heterocycles. The molecule has 0 fully saturated rings. The Labute approximate surface area is 201 Å². The molecule has 0 saturated carbocycles. The Balaban J connectivity index is 1.46. The van der Waals surface area contributed by atoms with Crippen molar-refractivity contribution in [2.75, 3.05) is 12.4 Å². The number of aliphatic hydroxyl groups is 1. The number of benzene rings is 3. The first-order valence-electron chi connectivity index (χ1n) is 10.7. The van der Waals surface area contributed by atoms with Crippen LogP contribution < -0.4 is 15.4 Å². The third kappa shape index (κ3) is 5.61. The van der Waals surface area contributed by atoms with Crippen LogP contribution >= 0.6 is 15.9 Å². The number of amides is 1. The van der Waals surface area contributed by atoms with Crippen LogP contribution in [0.3, 0.4) is 0 Å². The summed E-state index contributed by atoms with van der Waals surface area (Å²) in [5, 5.41) is 16.9. The Bertz CT molecular complexity index is 1180. The Kier molecular flexibility index (Phi) is 7.11. The van der Waals surface area contributed by atoms with E-state index in [-0.39, 0.29) is 5.91 Å². The first-order valence-corrected chi connectivity index (χ1v) is 11.5. The minimum absolute atomic E-state index is 0.214. The van der Waals surface area contributed by atoms with Crippen molar-refractivity contribution >= 4 is 33.4 Å². The largest absolute Gasteiger partial charge is 0.497 e. The van der Waals surface area contributed by atoms with Crippen LogP contribution in [0.15, 0.2) is 76.2 Å². The molecule has 3 N–H and O–H groups in total. The number of nitrogens with zero attached hydrogens (tertiary/aromatic N) is 1. The summed E-state index contributed by atoms with van der Waals surface area (Å²) in [6.45, 7) is 2.45. The standard InChI is InChI=1S/C26H26BrN3O3/c1-16(28-15-17-4-3-5-22(12-17)33-2)29-21-11-8-19-13-24(31)25(23(19)14-21)30-26(32)18-6-9-20(27)10-7-18/h3-12,14,24-25,31H,13,15H2,1-2H3,(H,28,29)(H,30,32)/t24-,25-/m1/s1. The van der Waals surface area contributed by atoms with Gasteiger partial charge in [-0.15, -0.1) is 0 Å². The highest BCUT2D eigenvalue weighted by atomic mass is 79.9. The Hall–Kier alpha value is -3.16. The summed E-state index contributed by atoms with van der Waals surface area (Å²) in [6, 6.07) is 20.4. The van der Waals surface area contributed by atoms with E-state index in [2.05, 4.69) is 31.6 Å². The molecule has 1 amide bonds. The number of carbonyl (C=O) groups is 1. The predicted octanol–water partition coefficient (Wildman–Crippen LogP) is 4.88. The number of methoxy groups -OCH3 is 1. The first kappa shape index (κ1) is 23.0. The molecule has 0 unspecified atom stereocenters. The smallest absolute Gasteiger partial charge is 0.251 e. The zero-order valence-corrected chi connectivity index (χ0v) is 20.1. The fraction of sp³-hybridized carbons (Fsp3) is 0.231. The number of amidine groups is 1. The van der Waals surface area contributed by atoms with E-state index in [0.717, 1.165) is 38.4 Å². The lowest BCUT2D eigenvalue weighted by Gasteiger charge is -2.19. The zero-order valence-electron chi connectivity index (χ0n) is 18.5. The van der Waals surface area contributed by atoms with E-state index in [4.69, 9.17) is 4.74 Å². The number of ether oxygens (including phenoxy) is 1. The molecule has 170 valence electrons. The third-order valence-corrected chi connectivity index (χ3v) is 6.17. The monoisotopic (exact) mass is 507 g/mol. The molecule has 7 heteroatoms. The first-order chi connectivity index (χ1) is 15.9. The fourth-order valence-electron chi connectivity index (χ4n) is 3.93. The van der Waals surface area contributed by atoms with Crippen LogP contribution in [-0.2, 0) is 13.0 Å². The van der Waals surface area contributed by atoms with Crippen LogP contribution in [0.4, 0.5) is 5.69 Å². The number of anilines is 1. The highest BCUT2D eigenvalue weighted by molar-refractivity contribution is 9.10. The molecule has 2 atom stereocenters. The van der Waals surface area contributed by atoms with Gasteiger partial charge in [-0.2, -0.15) is 0 Å². The maximum Gasteiger partial charge on any atom is 0.251 e. The zero-order chi connectivity index (χ0) is 23.4. The summed E-state index contributed by atoms with van der Waals surface area (Å²) in [5.74, 6) is 1.36. The lowest BCUT2D eigenvalue weighted by atomic mass is 10.1. The quantitative estimate of drug-likeness (QED) is 0.328. The van der Waals surface area contributed by atoms with E-state index < -0.39 is 12.1 Å². The number of halogens is 1. The molecule has 0 spiro atoms. The summed E-state index contributed by atoms with van der Waals surface area (Å²) in [5.41, 5.74) is 4.41. The number of hydrogen-bond acceptors (Lipinski definition) is 4. The third-order valence-electron chi connectivity index (χ3n) is 5.65. The molecule has 6 nitrogen and oxygen atoms in total. The molecular weight excluding hydrogens is 482 g/mol. The van der Waals surface area contributed by atoms with Gasteiger partial charge in [0.05, 0.1) is 31.6 Å². The number of hydrogen-bond donors (Lipinski definition) is 3.